The Hall–Kier alpha value is -3.99. The molecule has 0 aliphatic rings. The lowest BCUT2D eigenvalue weighted by Gasteiger charge is -2.15. The van der Waals surface area contributed by atoms with Gasteiger partial charge in [0.1, 0.15) is 11.4 Å². The lowest BCUT2D eigenvalue weighted by Crippen LogP contribution is -2.37. The molecule has 0 saturated carbocycles. The van der Waals surface area contributed by atoms with Crippen molar-refractivity contribution in [3.63, 3.8) is 0 Å². The molecule has 0 atom stereocenters. The summed E-state index contributed by atoms with van der Waals surface area (Å²) >= 11 is 0. The first-order valence-electron chi connectivity index (χ1n) is 8.07. The molecule has 3 aromatic rings. The first kappa shape index (κ1) is 17.8. The zero-order chi connectivity index (χ0) is 19.4. The van der Waals surface area contributed by atoms with E-state index < -0.39 is 15.8 Å². The van der Waals surface area contributed by atoms with Crippen molar-refractivity contribution >= 4 is 22.7 Å². The van der Waals surface area contributed by atoms with E-state index in [4.69, 9.17) is 5.26 Å². The number of nitro groups is 1. The van der Waals surface area contributed by atoms with E-state index in [1.807, 2.05) is 6.07 Å². The molecule has 0 saturated heterocycles. The van der Waals surface area contributed by atoms with Crippen LogP contribution in [0.5, 0.6) is 0 Å². The fourth-order valence-corrected chi connectivity index (χ4v) is 2.57. The highest BCUT2D eigenvalue weighted by atomic mass is 16.6. The molecule has 8 heteroatoms. The minimum atomic E-state index is -0.600. The van der Waals surface area contributed by atoms with Gasteiger partial charge in [0.15, 0.2) is 0 Å². The standard InChI is InChI=1S/C19H14N4O4/c20-11-13-1-5-14(6-2-13)22-17-16(18(24)19(17)25)21-10-9-12-3-7-15(8-4-12)23(26)27/h1-8,21-22H,9-10H2. The van der Waals surface area contributed by atoms with Gasteiger partial charge in [-0.25, -0.2) is 0 Å². The third-order valence-corrected chi connectivity index (χ3v) is 4.06. The summed E-state index contributed by atoms with van der Waals surface area (Å²) in [6.45, 7) is 0.394. The Bertz CT molecular complexity index is 1090. The van der Waals surface area contributed by atoms with E-state index in [1.165, 1.54) is 12.1 Å². The van der Waals surface area contributed by atoms with Crippen molar-refractivity contribution in [3.8, 4) is 6.07 Å². The highest BCUT2D eigenvalue weighted by Gasteiger charge is 2.20. The van der Waals surface area contributed by atoms with E-state index in [2.05, 4.69) is 10.6 Å². The predicted octanol–water partition coefficient (Wildman–Crippen LogP) is 2.46. The third kappa shape index (κ3) is 3.82. The van der Waals surface area contributed by atoms with Crippen LogP contribution in [0, 0.1) is 21.4 Å². The number of nitrogens with one attached hydrogen (secondary N) is 2. The average molecular weight is 362 g/mol. The van der Waals surface area contributed by atoms with Crippen LogP contribution in [-0.4, -0.2) is 11.5 Å². The molecule has 0 aliphatic carbocycles. The topological polar surface area (TPSA) is 125 Å². The normalized spacial score (nSPS) is 10.3. The molecule has 3 rings (SSSR count). The summed E-state index contributed by atoms with van der Waals surface area (Å²) in [6, 6.07) is 14.7. The molecule has 0 fully saturated rings. The second-order valence-electron chi connectivity index (χ2n) is 5.82. The van der Waals surface area contributed by atoms with Gasteiger partial charge < -0.3 is 10.6 Å². The fourth-order valence-electron chi connectivity index (χ4n) is 2.57. The van der Waals surface area contributed by atoms with Crippen LogP contribution in [0.25, 0.3) is 0 Å². The molecule has 0 heterocycles. The summed E-state index contributed by atoms with van der Waals surface area (Å²) in [7, 11) is 0. The van der Waals surface area contributed by atoms with Gasteiger partial charge in [0.25, 0.3) is 16.5 Å². The van der Waals surface area contributed by atoms with Crippen LogP contribution < -0.4 is 21.5 Å². The third-order valence-electron chi connectivity index (χ3n) is 4.06. The molecular weight excluding hydrogens is 348 g/mol. The maximum absolute atomic E-state index is 11.8. The largest absolute Gasteiger partial charge is 0.380 e. The monoisotopic (exact) mass is 362 g/mol. The van der Waals surface area contributed by atoms with Crippen molar-refractivity contribution in [1.29, 1.82) is 5.26 Å². The van der Waals surface area contributed by atoms with Gasteiger partial charge in [-0.05, 0) is 36.2 Å². The summed E-state index contributed by atoms with van der Waals surface area (Å²) in [5.74, 6) is 0. The van der Waals surface area contributed by atoms with Gasteiger partial charge in [0.05, 0.1) is 16.6 Å². The number of hydrogen-bond acceptors (Lipinski definition) is 7. The minimum absolute atomic E-state index is 0.0167. The second kappa shape index (κ2) is 7.49. The molecule has 0 amide bonds. The molecule has 3 aromatic carbocycles. The Morgan fingerprint density at radius 1 is 0.963 bits per heavy atom. The number of non-ortho nitro benzene ring substituents is 1. The number of benzene rings is 2. The number of nitro benzene ring substituents is 1. The van der Waals surface area contributed by atoms with Gasteiger partial charge in [-0.15, -0.1) is 0 Å². The van der Waals surface area contributed by atoms with Crippen molar-refractivity contribution in [3.05, 3.63) is 90.2 Å². The van der Waals surface area contributed by atoms with Gasteiger partial charge in [0, 0.05) is 24.4 Å². The van der Waals surface area contributed by atoms with E-state index in [-0.39, 0.29) is 17.1 Å². The Morgan fingerprint density at radius 2 is 1.59 bits per heavy atom. The molecule has 27 heavy (non-hydrogen) atoms. The Labute approximate surface area is 153 Å². The average Bonchev–Trinajstić information content (AvgIpc) is 2.70. The quantitative estimate of drug-likeness (QED) is 0.376. The molecule has 8 nitrogen and oxygen atoms in total. The number of anilines is 3. The predicted molar refractivity (Wildman–Crippen MR) is 101 cm³/mol. The van der Waals surface area contributed by atoms with E-state index in [0.29, 0.717) is 24.2 Å². The number of nitriles is 1. The van der Waals surface area contributed by atoms with Crippen molar-refractivity contribution < 1.29 is 4.92 Å². The maximum Gasteiger partial charge on any atom is 0.269 e. The zero-order valence-corrected chi connectivity index (χ0v) is 14.1. The van der Waals surface area contributed by atoms with Crippen LogP contribution in [0.3, 0.4) is 0 Å². The minimum Gasteiger partial charge on any atom is -0.380 e. The van der Waals surface area contributed by atoms with Crippen molar-refractivity contribution in [1.82, 2.24) is 0 Å². The number of rotatable bonds is 7. The zero-order valence-electron chi connectivity index (χ0n) is 14.1. The molecule has 0 aliphatic heterocycles. The van der Waals surface area contributed by atoms with E-state index in [0.717, 1.165) is 5.56 Å². The molecule has 2 N–H and O–H groups in total. The van der Waals surface area contributed by atoms with Crippen molar-refractivity contribution in [2.24, 2.45) is 0 Å². The van der Waals surface area contributed by atoms with Gasteiger partial charge >= 0.3 is 0 Å². The Kier molecular flexibility index (Phi) is 4.95. The summed E-state index contributed by atoms with van der Waals surface area (Å²) in [4.78, 5) is 33.8. The van der Waals surface area contributed by atoms with Crippen molar-refractivity contribution in [2.75, 3.05) is 17.2 Å². The Morgan fingerprint density at radius 3 is 2.19 bits per heavy atom. The SMILES string of the molecule is N#Cc1ccc(Nc2c(NCCc3ccc([N+](=O)[O-])cc3)c(=O)c2=O)cc1. The molecule has 0 unspecified atom stereocenters. The number of nitrogens with zero attached hydrogens (tertiary/aromatic N) is 2. The van der Waals surface area contributed by atoms with E-state index >= 15 is 0 Å². The lowest BCUT2D eigenvalue weighted by atomic mass is 10.1. The number of hydrogen-bond donors (Lipinski definition) is 2. The van der Waals surface area contributed by atoms with Gasteiger partial charge in [0.2, 0.25) is 0 Å². The summed E-state index contributed by atoms with van der Waals surface area (Å²) in [5, 5.41) is 25.3. The highest BCUT2D eigenvalue weighted by molar-refractivity contribution is 5.78. The van der Waals surface area contributed by atoms with Crippen LogP contribution in [0.15, 0.2) is 58.1 Å². The summed E-state index contributed by atoms with van der Waals surface area (Å²) in [5.41, 5.74) is 1.19. The first-order chi connectivity index (χ1) is 13.0. The summed E-state index contributed by atoms with van der Waals surface area (Å²) < 4.78 is 0. The summed E-state index contributed by atoms with van der Waals surface area (Å²) in [6.07, 6.45) is 0.535. The molecule has 0 aromatic heterocycles. The first-order valence-corrected chi connectivity index (χ1v) is 8.07. The molecule has 0 radical (unpaired) electrons. The maximum atomic E-state index is 11.8. The van der Waals surface area contributed by atoms with Gasteiger partial charge in [-0.3, -0.25) is 19.7 Å². The highest BCUT2D eigenvalue weighted by Crippen LogP contribution is 2.21. The van der Waals surface area contributed by atoms with Crippen LogP contribution in [0.4, 0.5) is 22.7 Å². The molecular formula is C19H14N4O4. The van der Waals surface area contributed by atoms with Gasteiger partial charge in [-0.1, -0.05) is 12.1 Å². The van der Waals surface area contributed by atoms with Crippen LogP contribution in [0.1, 0.15) is 11.1 Å². The van der Waals surface area contributed by atoms with Crippen LogP contribution in [-0.2, 0) is 6.42 Å². The molecule has 0 spiro atoms. The second-order valence-corrected chi connectivity index (χ2v) is 5.82. The van der Waals surface area contributed by atoms with Gasteiger partial charge in [-0.2, -0.15) is 5.26 Å². The van der Waals surface area contributed by atoms with Crippen molar-refractivity contribution in [2.45, 2.75) is 6.42 Å². The van der Waals surface area contributed by atoms with E-state index in [1.54, 1.807) is 36.4 Å². The fraction of sp³-hybridized carbons (Fsp3) is 0.105. The Balaban J connectivity index is 1.63. The van der Waals surface area contributed by atoms with E-state index in [9.17, 15) is 19.7 Å². The van der Waals surface area contributed by atoms with Crippen LogP contribution >= 0.6 is 0 Å². The molecule has 134 valence electrons. The molecule has 0 bridgehead atoms. The smallest absolute Gasteiger partial charge is 0.269 e. The lowest BCUT2D eigenvalue weighted by molar-refractivity contribution is -0.384. The van der Waals surface area contributed by atoms with Crippen LogP contribution in [0.2, 0.25) is 0 Å².